The molecule has 0 saturated heterocycles. The second kappa shape index (κ2) is 14.6. The molecule has 0 bridgehead atoms. The Morgan fingerprint density at radius 1 is 0.920 bits per heavy atom. The molecular weight excluding hydrogens is 396 g/mol. The van der Waals surface area contributed by atoms with Crippen LogP contribution < -0.4 is 33.2 Å². The molecule has 8 nitrogen and oxygen atoms in total. The van der Waals surface area contributed by atoms with E-state index in [1.165, 1.54) is 10.8 Å². The van der Waals surface area contributed by atoms with Gasteiger partial charge in [0.1, 0.15) is 4.32 Å². The van der Waals surface area contributed by atoms with Gasteiger partial charge in [-0.05, 0) is 56.1 Å². The second-order valence-corrected chi connectivity index (χ2v) is 12.5. The maximum absolute atomic E-state index is 10.2. The van der Waals surface area contributed by atoms with E-state index in [1.54, 1.807) is 10.2 Å². The first-order valence-corrected chi connectivity index (χ1v) is 13.5. The Morgan fingerprint density at radius 3 is 1.92 bits per heavy atom. The summed E-state index contributed by atoms with van der Waals surface area (Å²) in [6.07, 6.45) is 2.11. The van der Waals surface area contributed by atoms with Gasteiger partial charge in [0.2, 0.25) is 0 Å². The predicted octanol–water partition coefficient (Wildman–Crippen LogP) is -2.31. The van der Waals surface area contributed by atoms with Crippen LogP contribution in [0.1, 0.15) is 25.7 Å². The average Bonchev–Trinajstić information content (AvgIpc) is 2.58. The van der Waals surface area contributed by atoms with Crippen molar-refractivity contribution in [3.05, 3.63) is 0 Å². The van der Waals surface area contributed by atoms with E-state index in [2.05, 4.69) is 10.3 Å². The fourth-order valence-electron chi connectivity index (χ4n) is 2.14. The highest BCUT2D eigenvalue weighted by Gasteiger charge is 2.24. The Hall–Kier alpha value is 0.527. The van der Waals surface area contributed by atoms with E-state index in [1.807, 2.05) is 0 Å². The van der Waals surface area contributed by atoms with Crippen LogP contribution in [-0.4, -0.2) is 73.8 Å². The first kappa shape index (κ1) is 25.5. The van der Waals surface area contributed by atoms with Gasteiger partial charge in [0, 0.05) is 19.6 Å². The van der Waals surface area contributed by atoms with E-state index < -0.39 is 20.0 Å². The van der Waals surface area contributed by atoms with E-state index in [9.17, 15) is 10.2 Å². The lowest BCUT2D eigenvalue weighted by Gasteiger charge is -2.26. The summed E-state index contributed by atoms with van der Waals surface area (Å²) in [5.74, 6) is 0. The Labute approximate surface area is 165 Å². The first-order valence-electron chi connectivity index (χ1n) is 8.38. The molecule has 0 aromatic heterocycles. The molecule has 0 heterocycles. The van der Waals surface area contributed by atoms with Gasteiger partial charge in [-0.25, -0.2) is 0 Å². The lowest BCUT2D eigenvalue weighted by molar-refractivity contribution is 0.0351. The van der Waals surface area contributed by atoms with Gasteiger partial charge in [-0.15, -0.1) is 10.2 Å². The summed E-state index contributed by atoms with van der Waals surface area (Å²) in [6.45, 7) is 2.54. The quantitative estimate of drug-likeness (QED) is 0.0608. The molecule has 0 aliphatic rings. The molecule has 2 unspecified atom stereocenters. The zero-order chi connectivity index (χ0) is 19.2. The Bertz CT molecular complexity index is 375. The zero-order valence-electron chi connectivity index (χ0n) is 14.7. The monoisotopic (exact) mass is 430 g/mol. The number of nitrogens with two attached hydrogens (primary N) is 4. The fourth-order valence-corrected chi connectivity index (χ4v) is 7.87. The molecule has 0 aromatic rings. The normalized spacial score (nSPS) is 16.7. The summed E-state index contributed by atoms with van der Waals surface area (Å²) in [5.41, 5.74) is 20.3. The SMILES string of the molecule is NCCC(O)(CN)CCN[SiH2]SSC(=S)NCCC(O)(CN)CCN. The predicted molar refractivity (Wildman–Crippen MR) is 117 cm³/mol. The van der Waals surface area contributed by atoms with Gasteiger partial charge in [-0.3, -0.25) is 0 Å². The van der Waals surface area contributed by atoms with Crippen LogP contribution >= 0.6 is 33.3 Å². The van der Waals surface area contributed by atoms with E-state index in [0.29, 0.717) is 49.6 Å². The highest BCUT2D eigenvalue weighted by Crippen LogP contribution is 2.20. The van der Waals surface area contributed by atoms with Gasteiger partial charge in [0.05, 0.1) is 11.2 Å². The number of aliphatic hydroxyl groups is 2. The van der Waals surface area contributed by atoms with Crippen LogP contribution in [0.2, 0.25) is 0 Å². The smallest absolute Gasteiger partial charge is 0.169 e. The lowest BCUT2D eigenvalue weighted by atomic mass is 9.96. The minimum atomic E-state index is -0.922. The standard InChI is InChI=1S/C13H34N6O2S3Si/c14-5-1-12(20,9-16)3-7-18-11(22)23-24-25-19-8-4-13(21,10-17)2-6-15/h19-21H,1-10,14-17,25H2,(H,18,22). The molecule has 0 fully saturated rings. The van der Waals surface area contributed by atoms with Crippen molar-refractivity contribution in [2.24, 2.45) is 22.9 Å². The van der Waals surface area contributed by atoms with Gasteiger partial charge in [-0.1, -0.05) is 12.2 Å². The summed E-state index contributed by atoms with van der Waals surface area (Å²) in [7, 11) is 2.66. The molecule has 150 valence electrons. The van der Waals surface area contributed by atoms with Crippen LogP contribution in [-0.2, 0) is 0 Å². The van der Waals surface area contributed by atoms with Crippen LogP contribution in [0.3, 0.4) is 0 Å². The van der Waals surface area contributed by atoms with Crippen LogP contribution in [0.5, 0.6) is 0 Å². The molecule has 0 aromatic carbocycles. The molecular formula is C13H34N6O2S3Si. The molecule has 0 amide bonds. The molecule has 0 aliphatic heterocycles. The molecule has 2 atom stereocenters. The molecule has 25 heavy (non-hydrogen) atoms. The van der Waals surface area contributed by atoms with Crippen molar-refractivity contribution in [3.8, 4) is 0 Å². The number of nitrogens with one attached hydrogen (secondary N) is 2. The van der Waals surface area contributed by atoms with Crippen LogP contribution in [0.4, 0.5) is 0 Å². The Kier molecular flexibility index (Phi) is 14.9. The van der Waals surface area contributed by atoms with Crippen molar-refractivity contribution < 1.29 is 10.2 Å². The van der Waals surface area contributed by atoms with Gasteiger partial charge in [0.25, 0.3) is 0 Å². The van der Waals surface area contributed by atoms with Crippen molar-refractivity contribution in [3.63, 3.8) is 0 Å². The summed E-state index contributed by atoms with van der Waals surface area (Å²) < 4.78 is 0.688. The van der Waals surface area contributed by atoms with Crippen LogP contribution in [0.25, 0.3) is 0 Å². The maximum atomic E-state index is 10.2. The van der Waals surface area contributed by atoms with Crippen LogP contribution in [0, 0.1) is 0 Å². The molecule has 12 N–H and O–H groups in total. The third kappa shape index (κ3) is 12.5. The zero-order valence-corrected chi connectivity index (χ0v) is 18.6. The summed E-state index contributed by atoms with van der Waals surface area (Å²) in [4.78, 5) is 3.36. The molecule has 0 saturated carbocycles. The molecule has 0 aliphatic carbocycles. The van der Waals surface area contributed by atoms with E-state index in [4.69, 9.17) is 35.2 Å². The largest absolute Gasteiger partial charge is 0.388 e. The Balaban J connectivity index is 3.74. The van der Waals surface area contributed by atoms with Gasteiger partial charge < -0.3 is 43.4 Å². The first-order chi connectivity index (χ1) is 11.8. The van der Waals surface area contributed by atoms with Crippen molar-refractivity contribution >= 4 is 46.4 Å². The number of thiocarbonyl (C=S) groups is 1. The van der Waals surface area contributed by atoms with Gasteiger partial charge in [0.15, 0.2) is 8.83 Å². The van der Waals surface area contributed by atoms with E-state index in [0.717, 1.165) is 6.54 Å². The van der Waals surface area contributed by atoms with E-state index >= 15 is 0 Å². The van der Waals surface area contributed by atoms with Crippen LogP contribution in [0.15, 0.2) is 0 Å². The molecule has 0 rings (SSSR count). The summed E-state index contributed by atoms with van der Waals surface area (Å²) in [5, 5.41) is 23.5. The van der Waals surface area contributed by atoms with Gasteiger partial charge in [-0.2, -0.15) is 0 Å². The lowest BCUT2D eigenvalue weighted by Crippen LogP contribution is -2.42. The van der Waals surface area contributed by atoms with Crippen molar-refractivity contribution in [1.29, 1.82) is 0 Å². The van der Waals surface area contributed by atoms with Crippen molar-refractivity contribution in [2.45, 2.75) is 36.9 Å². The average molecular weight is 431 g/mol. The Morgan fingerprint density at radius 2 is 1.44 bits per heavy atom. The van der Waals surface area contributed by atoms with Gasteiger partial charge >= 0.3 is 0 Å². The summed E-state index contributed by atoms with van der Waals surface area (Å²) in [6, 6.07) is 0. The second-order valence-electron chi connectivity index (χ2n) is 5.99. The molecule has 0 spiro atoms. The highest BCUT2D eigenvalue weighted by atomic mass is 33.2. The molecule has 12 heteroatoms. The minimum Gasteiger partial charge on any atom is -0.388 e. The number of hydrogen-bond acceptors (Lipinski definition) is 10. The molecule has 0 radical (unpaired) electrons. The number of rotatable bonds is 15. The highest BCUT2D eigenvalue weighted by molar-refractivity contribution is 8.91. The van der Waals surface area contributed by atoms with Crippen molar-refractivity contribution in [1.82, 2.24) is 10.3 Å². The number of hydrogen-bond donors (Lipinski definition) is 8. The topological polar surface area (TPSA) is 169 Å². The maximum Gasteiger partial charge on any atom is 0.169 e. The third-order valence-corrected chi connectivity index (χ3v) is 9.64. The minimum absolute atomic E-state index is 0.191. The fraction of sp³-hybridized carbons (Fsp3) is 0.923. The third-order valence-electron chi connectivity index (χ3n) is 3.90. The summed E-state index contributed by atoms with van der Waals surface area (Å²) >= 11 is 5.25. The van der Waals surface area contributed by atoms with E-state index in [-0.39, 0.29) is 13.1 Å². The van der Waals surface area contributed by atoms with Crippen molar-refractivity contribution in [2.75, 3.05) is 39.3 Å².